The van der Waals surface area contributed by atoms with E-state index in [-0.39, 0.29) is 17.3 Å². The second-order valence-electron chi connectivity index (χ2n) is 7.32. The van der Waals surface area contributed by atoms with Crippen molar-refractivity contribution in [3.05, 3.63) is 23.3 Å². The van der Waals surface area contributed by atoms with Gasteiger partial charge in [0.05, 0.1) is 18.9 Å². The summed E-state index contributed by atoms with van der Waals surface area (Å²) in [6, 6.07) is 3.94. The summed E-state index contributed by atoms with van der Waals surface area (Å²) in [7, 11) is 1.69. The molecular formula is C19H29NO3. The smallest absolute Gasteiger partial charge is 0.162 e. The summed E-state index contributed by atoms with van der Waals surface area (Å²) in [6.45, 7) is 9.86. The molecule has 1 saturated heterocycles. The van der Waals surface area contributed by atoms with Crippen molar-refractivity contribution in [1.82, 2.24) is 0 Å². The Hall–Kier alpha value is -1.55. The van der Waals surface area contributed by atoms with Gasteiger partial charge in [0.25, 0.3) is 0 Å². The first-order valence-corrected chi connectivity index (χ1v) is 8.46. The fourth-order valence-electron chi connectivity index (χ4n) is 3.09. The van der Waals surface area contributed by atoms with Crippen molar-refractivity contribution in [2.75, 3.05) is 25.1 Å². The zero-order valence-corrected chi connectivity index (χ0v) is 15.0. The molecule has 2 rings (SSSR count). The zero-order valence-electron chi connectivity index (χ0n) is 15.0. The maximum absolute atomic E-state index is 12.3. The van der Waals surface area contributed by atoms with E-state index in [2.05, 4.69) is 25.7 Å². The molecule has 4 nitrogen and oxygen atoms in total. The maximum atomic E-state index is 12.3. The molecule has 0 unspecified atom stereocenters. The van der Waals surface area contributed by atoms with Crippen LogP contribution in [0.1, 0.15) is 62.9 Å². The number of carbonyl (C=O) groups excluding carboxylic acids is 1. The lowest BCUT2D eigenvalue weighted by Crippen LogP contribution is -2.36. The van der Waals surface area contributed by atoms with Crippen LogP contribution in [0.4, 0.5) is 5.69 Å². The van der Waals surface area contributed by atoms with Crippen LogP contribution < -0.4 is 9.64 Å². The van der Waals surface area contributed by atoms with Crippen molar-refractivity contribution in [2.24, 2.45) is 0 Å². The maximum Gasteiger partial charge on any atom is 0.162 e. The monoisotopic (exact) mass is 319 g/mol. The molecule has 1 aliphatic rings. The summed E-state index contributed by atoms with van der Waals surface area (Å²) in [5, 5.41) is 9.75. The molecule has 0 bridgehead atoms. The lowest BCUT2D eigenvalue weighted by molar-refractivity contribution is 0.0988. The first kappa shape index (κ1) is 17.8. The first-order valence-electron chi connectivity index (χ1n) is 8.46. The molecule has 0 aliphatic carbocycles. The second kappa shape index (κ2) is 6.91. The standard InChI is InChI=1S/C19H29NO3/c1-6-17(22)13-11-15(19(2,3)4)18(23-5)16(12-13)20-9-7-14(21)8-10-20/h11-12,14,21H,6-10H2,1-5H3. The molecule has 23 heavy (non-hydrogen) atoms. The van der Waals surface area contributed by atoms with Crippen molar-refractivity contribution < 1.29 is 14.6 Å². The SMILES string of the molecule is CCC(=O)c1cc(N2CCC(O)CC2)c(OC)c(C(C)(C)C)c1. The predicted octanol–water partition coefficient (Wildman–Crippen LogP) is 3.55. The van der Waals surface area contributed by atoms with Crippen molar-refractivity contribution >= 4 is 11.5 Å². The number of nitrogens with zero attached hydrogens (tertiary/aromatic N) is 1. The van der Waals surface area contributed by atoms with Gasteiger partial charge in [0, 0.05) is 30.6 Å². The number of anilines is 1. The molecule has 1 aromatic carbocycles. The molecule has 128 valence electrons. The number of benzene rings is 1. The van der Waals surface area contributed by atoms with Gasteiger partial charge < -0.3 is 14.7 Å². The quantitative estimate of drug-likeness (QED) is 0.862. The Morgan fingerprint density at radius 2 is 1.91 bits per heavy atom. The van der Waals surface area contributed by atoms with E-state index in [0.29, 0.717) is 6.42 Å². The Morgan fingerprint density at radius 3 is 2.39 bits per heavy atom. The molecule has 1 fully saturated rings. The van der Waals surface area contributed by atoms with Crippen molar-refractivity contribution in [3.8, 4) is 5.75 Å². The van der Waals surface area contributed by atoms with Crippen molar-refractivity contribution in [2.45, 2.75) is 58.5 Å². The molecule has 0 aromatic heterocycles. The Morgan fingerprint density at radius 1 is 1.30 bits per heavy atom. The van der Waals surface area contributed by atoms with Crippen LogP contribution in [-0.2, 0) is 5.41 Å². The van der Waals surface area contributed by atoms with Gasteiger partial charge in [-0.2, -0.15) is 0 Å². The molecule has 1 aliphatic heterocycles. The summed E-state index contributed by atoms with van der Waals surface area (Å²) >= 11 is 0. The Kier molecular flexibility index (Phi) is 5.35. The number of hydrogen-bond donors (Lipinski definition) is 1. The molecule has 0 amide bonds. The number of aliphatic hydroxyl groups excluding tert-OH is 1. The van der Waals surface area contributed by atoms with Crippen LogP contribution in [0.2, 0.25) is 0 Å². The fraction of sp³-hybridized carbons (Fsp3) is 0.632. The molecule has 0 radical (unpaired) electrons. The van der Waals surface area contributed by atoms with E-state index in [9.17, 15) is 9.90 Å². The predicted molar refractivity (Wildman–Crippen MR) is 93.8 cm³/mol. The minimum absolute atomic E-state index is 0.112. The molecule has 1 N–H and O–H groups in total. The van der Waals surface area contributed by atoms with E-state index in [1.807, 2.05) is 19.1 Å². The molecule has 1 heterocycles. The van der Waals surface area contributed by atoms with Gasteiger partial charge in [0.2, 0.25) is 0 Å². The van der Waals surface area contributed by atoms with E-state index >= 15 is 0 Å². The van der Waals surface area contributed by atoms with Gasteiger partial charge in [0.15, 0.2) is 5.78 Å². The van der Waals surface area contributed by atoms with E-state index < -0.39 is 0 Å². The summed E-state index contributed by atoms with van der Waals surface area (Å²) < 4.78 is 5.74. The molecular weight excluding hydrogens is 290 g/mol. The van der Waals surface area contributed by atoms with Gasteiger partial charge in [-0.1, -0.05) is 27.7 Å². The normalized spacial score (nSPS) is 16.5. The number of methoxy groups -OCH3 is 1. The lowest BCUT2D eigenvalue weighted by Gasteiger charge is -2.34. The molecule has 0 saturated carbocycles. The lowest BCUT2D eigenvalue weighted by atomic mass is 9.84. The molecule has 1 aromatic rings. The highest BCUT2D eigenvalue weighted by atomic mass is 16.5. The number of ether oxygens (including phenoxy) is 1. The summed E-state index contributed by atoms with van der Waals surface area (Å²) in [6.07, 6.45) is 1.77. The van der Waals surface area contributed by atoms with Crippen LogP contribution in [0.15, 0.2) is 12.1 Å². The number of Topliss-reactive ketones (excluding diaryl/α,β-unsaturated/α-hetero) is 1. The minimum atomic E-state index is -0.222. The fourth-order valence-corrected chi connectivity index (χ4v) is 3.09. The minimum Gasteiger partial charge on any atom is -0.494 e. The molecule has 0 atom stereocenters. The van der Waals surface area contributed by atoms with Crippen LogP contribution in [0.5, 0.6) is 5.75 Å². The molecule has 4 heteroatoms. The Bertz CT molecular complexity index is 567. The number of carbonyl (C=O) groups is 1. The van der Waals surface area contributed by atoms with Crippen LogP contribution in [0.25, 0.3) is 0 Å². The van der Waals surface area contributed by atoms with Gasteiger partial charge in [0.1, 0.15) is 5.75 Å². The third kappa shape index (κ3) is 3.86. The molecule has 0 spiro atoms. The topological polar surface area (TPSA) is 49.8 Å². The van der Waals surface area contributed by atoms with Crippen LogP contribution in [-0.4, -0.2) is 37.2 Å². The summed E-state index contributed by atoms with van der Waals surface area (Å²) in [5.74, 6) is 0.998. The number of ketones is 1. The van der Waals surface area contributed by atoms with E-state index in [1.54, 1.807) is 7.11 Å². The van der Waals surface area contributed by atoms with Crippen LogP contribution in [0, 0.1) is 0 Å². The highest BCUT2D eigenvalue weighted by molar-refractivity contribution is 5.97. The summed E-state index contributed by atoms with van der Waals surface area (Å²) in [5.41, 5.74) is 2.67. The van der Waals surface area contributed by atoms with Crippen molar-refractivity contribution in [3.63, 3.8) is 0 Å². The van der Waals surface area contributed by atoms with Crippen molar-refractivity contribution in [1.29, 1.82) is 0 Å². The average Bonchev–Trinajstić information content (AvgIpc) is 2.52. The van der Waals surface area contributed by atoms with Gasteiger partial charge in [-0.05, 0) is 30.4 Å². The summed E-state index contributed by atoms with van der Waals surface area (Å²) in [4.78, 5) is 14.5. The van der Waals surface area contributed by atoms with Gasteiger partial charge in [-0.25, -0.2) is 0 Å². The largest absolute Gasteiger partial charge is 0.494 e. The van der Waals surface area contributed by atoms with E-state index in [0.717, 1.165) is 48.5 Å². The second-order valence-corrected chi connectivity index (χ2v) is 7.32. The van der Waals surface area contributed by atoms with Crippen LogP contribution >= 0.6 is 0 Å². The van der Waals surface area contributed by atoms with Gasteiger partial charge >= 0.3 is 0 Å². The third-order valence-electron chi connectivity index (χ3n) is 4.53. The zero-order chi connectivity index (χ0) is 17.2. The van der Waals surface area contributed by atoms with Crippen LogP contribution in [0.3, 0.4) is 0 Å². The van der Waals surface area contributed by atoms with E-state index in [1.165, 1.54) is 0 Å². The first-order chi connectivity index (χ1) is 10.8. The number of aliphatic hydroxyl groups is 1. The highest BCUT2D eigenvalue weighted by Gasteiger charge is 2.27. The number of piperidine rings is 1. The van der Waals surface area contributed by atoms with E-state index in [4.69, 9.17) is 4.74 Å². The average molecular weight is 319 g/mol. The third-order valence-corrected chi connectivity index (χ3v) is 4.53. The Labute approximate surface area is 139 Å². The Balaban J connectivity index is 2.56. The number of hydrogen-bond acceptors (Lipinski definition) is 4. The van der Waals surface area contributed by atoms with Gasteiger partial charge in [-0.3, -0.25) is 4.79 Å². The number of rotatable bonds is 4. The van der Waals surface area contributed by atoms with Gasteiger partial charge in [-0.15, -0.1) is 0 Å². The highest BCUT2D eigenvalue weighted by Crippen LogP contribution is 2.41.